The van der Waals surface area contributed by atoms with Crippen LogP contribution in [0.3, 0.4) is 0 Å². The molecule has 20 heavy (non-hydrogen) atoms. The molecule has 0 radical (unpaired) electrons. The lowest BCUT2D eigenvalue weighted by Gasteiger charge is -2.07. The second-order valence-corrected chi connectivity index (χ2v) is 5.80. The predicted molar refractivity (Wildman–Crippen MR) is 79.6 cm³/mol. The summed E-state index contributed by atoms with van der Waals surface area (Å²) in [7, 11) is 0. The van der Waals surface area contributed by atoms with E-state index in [1.165, 1.54) is 0 Å². The van der Waals surface area contributed by atoms with Gasteiger partial charge in [-0.2, -0.15) is 0 Å². The van der Waals surface area contributed by atoms with E-state index in [1.807, 2.05) is 26.0 Å². The lowest BCUT2D eigenvalue weighted by Crippen LogP contribution is -2.03. The summed E-state index contributed by atoms with van der Waals surface area (Å²) in [4.78, 5) is 11.5. The van der Waals surface area contributed by atoms with Crippen molar-refractivity contribution in [3.8, 4) is 10.9 Å². The highest BCUT2D eigenvalue weighted by Crippen LogP contribution is 2.30. The molecule has 1 aromatic heterocycles. The van der Waals surface area contributed by atoms with E-state index in [0.29, 0.717) is 17.6 Å². The number of carbonyl (C=O) groups is 1. The van der Waals surface area contributed by atoms with E-state index in [2.05, 4.69) is 26.1 Å². The van der Waals surface area contributed by atoms with Crippen LogP contribution in [0.5, 0.6) is 10.9 Å². The summed E-state index contributed by atoms with van der Waals surface area (Å²) < 4.78 is 11.5. The third kappa shape index (κ3) is 3.34. The van der Waals surface area contributed by atoms with Gasteiger partial charge in [0.25, 0.3) is 5.19 Å². The number of aryl methyl sites for hydroxylation is 2. The number of nitrogens with zero attached hydrogens (tertiary/aromatic N) is 2. The Morgan fingerprint density at radius 2 is 1.95 bits per heavy atom. The van der Waals surface area contributed by atoms with Gasteiger partial charge < -0.3 is 9.47 Å². The van der Waals surface area contributed by atoms with Crippen molar-refractivity contribution in [1.82, 2.24) is 10.2 Å². The average molecular weight is 357 g/mol. The van der Waals surface area contributed by atoms with Crippen molar-refractivity contribution in [2.45, 2.75) is 20.8 Å². The van der Waals surface area contributed by atoms with Gasteiger partial charge in [0, 0.05) is 4.47 Å². The van der Waals surface area contributed by atoms with Crippen LogP contribution in [0.15, 0.2) is 16.6 Å². The highest BCUT2D eigenvalue weighted by molar-refractivity contribution is 9.10. The number of hydrogen-bond donors (Lipinski definition) is 0. The Morgan fingerprint density at radius 1 is 1.30 bits per heavy atom. The molecular weight excluding hydrogens is 344 g/mol. The molecule has 0 saturated heterocycles. The zero-order chi connectivity index (χ0) is 14.7. The van der Waals surface area contributed by atoms with E-state index in [9.17, 15) is 4.79 Å². The van der Waals surface area contributed by atoms with Crippen molar-refractivity contribution < 1.29 is 14.3 Å². The average Bonchev–Trinajstić information content (AvgIpc) is 2.85. The van der Waals surface area contributed by atoms with E-state index in [1.54, 1.807) is 6.92 Å². The molecule has 0 atom stereocenters. The molecule has 2 aromatic rings. The van der Waals surface area contributed by atoms with E-state index >= 15 is 0 Å². The Hall–Kier alpha value is -1.47. The summed E-state index contributed by atoms with van der Waals surface area (Å²) in [5, 5.41) is 8.08. The number of carbonyl (C=O) groups excluding carboxylic acids is 1. The van der Waals surface area contributed by atoms with Crippen molar-refractivity contribution in [1.29, 1.82) is 0 Å². The molecule has 0 fully saturated rings. The summed E-state index contributed by atoms with van der Waals surface area (Å²) in [6.45, 7) is 6.01. The molecule has 0 N–H and O–H groups in total. The standard InChI is InChI=1S/C13H13BrN2O3S/c1-4-18-12(17)11-15-16-13(20-11)19-9-5-7(2)10(14)8(3)6-9/h5-6H,4H2,1-3H3. The van der Waals surface area contributed by atoms with Crippen LogP contribution >= 0.6 is 27.3 Å². The molecule has 0 bridgehead atoms. The summed E-state index contributed by atoms with van der Waals surface area (Å²) in [6, 6.07) is 3.78. The molecule has 0 amide bonds. The molecule has 0 unspecified atom stereocenters. The van der Waals surface area contributed by atoms with Crippen LogP contribution in [0, 0.1) is 13.8 Å². The molecule has 0 aliphatic carbocycles. The van der Waals surface area contributed by atoms with Gasteiger partial charge in [0.15, 0.2) is 0 Å². The minimum absolute atomic E-state index is 0.187. The number of rotatable bonds is 4. The van der Waals surface area contributed by atoms with Crippen molar-refractivity contribution in [3.63, 3.8) is 0 Å². The molecular formula is C13H13BrN2O3S. The van der Waals surface area contributed by atoms with Gasteiger partial charge in [-0.1, -0.05) is 21.0 Å². The second-order valence-electron chi connectivity index (χ2n) is 4.07. The first-order valence-corrected chi connectivity index (χ1v) is 7.57. The molecule has 1 heterocycles. The van der Waals surface area contributed by atoms with Crippen molar-refractivity contribution in [2.75, 3.05) is 6.61 Å². The fourth-order valence-corrected chi connectivity index (χ4v) is 2.43. The van der Waals surface area contributed by atoms with E-state index in [-0.39, 0.29) is 5.01 Å². The van der Waals surface area contributed by atoms with Gasteiger partial charge in [-0.25, -0.2) is 4.79 Å². The third-order valence-corrected chi connectivity index (χ3v) is 4.50. The van der Waals surface area contributed by atoms with Crippen LogP contribution in [0.2, 0.25) is 0 Å². The molecule has 0 aliphatic rings. The molecule has 0 aliphatic heterocycles. The quantitative estimate of drug-likeness (QED) is 0.777. The van der Waals surface area contributed by atoms with Crippen LogP contribution in [-0.4, -0.2) is 22.8 Å². The number of ether oxygens (including phenoxy) is 2. The molecule has 5 nitrogen and oxygen atoms in total. The fraction of sp³-hybridized carbons (Fsp3) is 0.308. The third-order valence-electron chi connectivity index (χ3n) is 2.47. The largest absolute Gasteiger partial charge is 0.461 e. The lowest BCUT2D eigenvalue weighted by atomic mass is 10.1. The minimum atomic E-state index is -0.483. The lowest BCUT2D eigenvalue weighted by molar-refractivity contribution is 0.0525. The van der Waals surface area contributed by atoms with Gasteiger partial charge in [-0.05, 0) is 55.4 Å². The monoisotopic (exact) mass is 356 g/mol. The number of benzene rings is 1. The first-order chi connectivity index (χ1) is 9.51. The highest BCUT2D eigenvalue weighted by Gasteiger charge is 2.15. The second kappa shape index (κ2) is 6.32. The van der Waals surface area contributed by atoms with Crippen molar-refractivity contribution in [2.24, 2.45) is 0 Å². The molecule has 0 saturated carbocycles. The van der Waals surface area contributed by atoms with Crippen molar-refractivity contribution in [3.05, 3.63) is 32.7 Å². The van der Waals surface area contributed by atoms with Crippen LogP contribution in [0.4, 0.5) is 0 Å². The van der Waals surface area contributed by atoms with Gasteiger partial charge in [0.2, 0.25) is 5.01 Å². The molecule has 0 spiro atoms. The number of aromatic nitrogens is 2. The summed E-state index contributed by atoms with van der Waals surface area (Å²) in [5.41, 5.74) is 2.13. The Kier molecular flexibility index (Phi) is 4.72. The number of halogens is 1. The zero-order valence-corrected chi connectivity index (χ0v) is 13.7. The van der Waals surface area contributed by atoms with Crippen LogP contribution < -0.4 is 4.74 Å². The first kappa shape index (κ1) is 14.9. The van der Waals surface area contributed by atoms with Gasteiger partial charge >= 0.3 is 5.97 Å². The Bertz CT molecular complexity index is 619. The van der Waals surface area contributed by atoms with Gasteiger partial charge in [0.05, 0.1) is 6.61 Å². The van der Waals surface area contributed by atoms with Gasteiger partial charge in [0.1, 0.15) is 5.75 Å². The maximum absolute atomic E-state index is 11.5. The molecule has 1 aromatic carbocycles. The molecule has 106 valence electrons. The normalized spacial score (nSPS) is 10.4. The first-order valence-electron chi connectivity index (χ1n) is 5.96. The maximum atomic E-state index is 11.5. The zero-order valence-electron chi connectivity index (χ0n) is 11.3. The van der Waals surface area contributed by atoms with Crippen LogP contribution in [0.1, 0.15) is 27.9 Å². The van der Waals surface area contributed by atoms with E-state index < -0.39 is 5.97 Å². The Morgan fingerprint density at radius 3 is 2.55 bits per heavy atom. The molecule has 7 heteroatoms. The number of hydrogen-bond acceptors (Lipinski definition) is 6. The SMILES string of the molecule is CCOC(=O)c1nnc(Oc2cc(C)c(Br)c(C)c2)s1. The molecule has 2 rings (SSSR count). The Labute approximate surface area is 129 Å². The summed E-state index contributed by atoms with van der Waals surface area (Å²) in [5.74, 6) is 0.178. The smallest absolute Gasteiger partial charge is 0.369 e. The van der Waals surface area contributed by atoms with Gasteiger partial charge in [-0.3, -0.25) is 0 Å². The van der Waals surface area contributed by atoms with Gasteiger partial charge in [-0.15, -0.1) is 5.10 Å². The van der Waals surface area contributed by atoms with Crippen LogP contribution in [-0.2, 0) is 4.74 Å². The summed E-state index contributed by atoms with van der Waals surface area (Å²) >= 11 is 4.56. The number of esters is 1. The minimum Gasteiger partial charge on any atom is -0.461 e. The topological polar surface area (TPSA) is 61.3 Å². The fourth-order valence-electron chi connectivity index (χ4n) is 1.59. The van der Waals surface area contributed by atoms with Crippen molar-refractivity contribution >= 4 is 33.2 Å². The summed E-state index contributed by atoms with van der Waals surface area (Å²) in [6.07, 6.45) is 0. The van der Waals surface area contributed by atoms with E-state index in [4.69, 9.17) is 9.47 Å². The Balaban J connectivity index is 2.17. The van der Waals surface area contributed by atoms with Crippen LogP contribution in [0.25, 0.3) is 0 Å². The highest BCUT2D eigenvalue weighted by atomic mass is 79.9. The maximum Gasteiger partial charge on any atom is 0.369 e. The van der Waals surface area contributed by atoms with E-state index in [0.717, 1.165) is 26.9 Å². The predicted octanol–water partition coefficient (Wildman–Crippen LogP) is 3.89.